The number of rotatable bonds is 4. The number of piperidine rings is 1. The number of nitrogens with zero attached hydrogens (tertiary/aromatic N) is 5. The summed E-state index contributed by atoms with van der Waals surface area (Å²) in [6, 6.07) is 4.75. The highest BCUT2D eigenvalue weighted by Crippen LogP contribution is 2.35. The molecule has 2 N–H and O–H groups in total. The lowest BCUT2D eigenvalue weighted by Gasteiger charge is -2.32. The number of nitrogens with one attached hydrogen (secondary N) is 2. The van der Waals surface area contributed by atoms with E-state index in [0.29, 0.717) is 18.2 Å². The second-order valence-electron chi connectivity index (χ2n) is 9.29. The first-order valence-electron chi connectivity index (χ1n) is 12.0. The van der Waals surface area contributed by atoms with Crippen molar-refractivity contribution in [2.24, 2.45) is 15.9 Å². The number of halogens is 3. The third-order valence-corrected chi connectivity index (χ3v) is 7.40. The smallest absolute Gasteiger partial charge is 0.449 e. The lowest BCUT2D eigenvalue weighted by molar-refractivity contribution is -0.144. The van der Waals surface area contributed by atoms with Crippen LogP contribution in [0.15, 0.2) is 57.7 Å². The predicted molar refractivity (Wildman–Crippen MR) is 138 cm³/mol. The van der Waals surface area contributed by atoms with Gasteiger partial charge in [-0.3, -0.25) is 4.99 Å². The molecule has 1 atom stereocenters. The molecule has 0 bridgehead atoms. The summed E-state index contributed by atoms with van der Waals surface area (Å²) >= 11 is 1.57. The zero-order valence-electron chi connectivity index (χ0n) is 19.9. The molecular formula is C25H24F3N7OS. The lowest BCUT2D eigenvalue weighted by atomic mass is 9.92. The maximum absolute atomic E-state index is 13.0. The Balaban J connectivity index is 1.24. The molecule has 0 spiro atoms. The number of allylic oxidation sites excluding steroid dienone is 2. The topological polar surface area (TPSA) is 90.8 Å². The highest BCUT2D eigenvalue weighted by molar-refractivity contribution is 7.10. The van der Waals surface area contributed by atoms with Crippen LogP contribution < -0.4 is 5.32 Å². The molecule has 12 heteroatoms. The highest BCUT2D eigenvalue weighted by Gasteiger charge is 2.35. The minimum Gasteiger partial charge on any atom is -0.490 e. The molecule has 8 nitrogen and oxygen atoms in total. The normalized spacial score (nSPS) is 21.1. The SMILES string of the molecule is CN1CCC(OC2=CC3=NC(Nc4ccc5nc(C(F)(F)F)[nH]c5c4)=NCC3C=C2c2nccs2)CC1. The molecular weight excluding hydrogens is 503 g/mol. The standard InChI is InChI=1S/C25H24F3N7OS/c1-35-7-4-16(5-8-35)36-21-12-19-14(10-17(21)22-29-6-9-37-22)13-30-24(34-19)31-15-2-3-18-20(11-15)33-23(32-18)25(26,27)28/h2-3,6,9-12,14,16H,4-5,7-8,13H2,1H3,(H,30,31)(H,32,33). The van der Waals surface area contributed by atoms with Crippen LogP contribution in [0.3, 0.4) is 0 Å². The van der Waals surface area contributed by atoms with Crippen LogP contribution in [-0.4, -0.2) is 64.3 Å². The third-order valence-electron chi connectivity index (χ3n) is 6.59. The van der Waals surface area contributed by atoms with Crippen molar-refractivity contribution in [2.75, 3.05) is 32.0 Å². The van der Waals surface area contributed by atoms with Crippen molar-refractivity contribution in [2.45, 2.75) is 25.1 Å². The Bertz CT molecular complexity index is 1430. The van der Waals surface area contributed by atoms with Crippen molar-refractivity contribution in [3.63, 3.8) is 0 Å². The number of benzene rings is 1. The van der Waals surface area contributed by atoms with E-state index in [9.17, 15) is 13.2 Å². The summed E-state index contributed by atoms with van der Waals surface area (Å²) in [6.45, 7) is 2.46. The van der Waals surface area contributed by atoms with E-state index in [1.54, 1.807) is 29.7 Å². The van der Waals surface area contributed by atoms with Crippen LogP contribution in [-0.2, 0) is 10.9 Å². The Morgan fingerprint density at radius 3 is 2.81 bits per heavy atom. The number of guanidine groups is 1. The molecule has 1 aliphatic carbocycles. The number of likely N-dealkylation sites (tertiary alicyclic amines) is 1. The molecule has 192 valence electrons. The molecule has 2 aromatic heterocycles. The second-order valence-corrected chi connectivity index (χ2v) is 10.2. The fourth-order valence-electron chi connectivity index (χ4n) is 4.62. The molecule has 1 unspecified atom stereocenters. The summed E-state index contributed by atoms with van der Waals surface area (Å²) in [5.41, 5.74) is 2.87. The van der Waals surface area contributed by atoms with Gasteiger partial charge in [0.25, 0.3) is 0 Å². The first-order valence-corrected chi connectivity index (χ1v) is 12.9. The molecule has 3 aromatic rings. The van der Waals surface area contributed by atoms with Gasteiger partial charge in [0.15, 0.2) is 0 Å². The minimum atomic E-state index is -4.54. The Kier molecular flexibility index (Phi) is 6.07. The number of hydrogen-bond acceptors (Lipinski definition) is 8. The quantitative estimate of drug-likeness (QED) is 0.500. The molecule has 1 fully saturated rings. The number of imidazole rings is 1. The van der Waals surface area contributed by atoms with Crippen LogP contribution >= 0.6 is 11.3 Å². The van der Waals surface area contributed by atoms with Crippen molar-refractivity contribution < 1.29 is 17.9 Å². The van der Waals surface area contributed by atoms with E-state index in [0.717, 1.165) is 48.0 Å². The van der Waals surface area contributed by atoms with Crippen LogP contribution in [0, 0.1) is 5.92 Å². The van der Waals surface area contributed by atoms with Gasteiger partial charge in [-0.15, -0.1) is 11.3 Å². The first-order chi connectivity index (χ1) is 17.8. The largest absolute Gasteiger partial charge is 0.490 e. The fraction of sp³-hybridized carbons (Fsp3) is 0.360. The molecule has 6 rings (SSSR count). The average molecular weight is 528 g/mol. The summed E-state index contributed by atoms with van der Waals surface area (Å²) in [4.78, 5) is 22.0. The van der Waals surface area contributed by atoms with Crippen molar-refractivity contribution >= 4 is 45.3 Å². The van der Waals surface area contributed by atoms with Gasteiger partial charge >= 0.3 is 6.18 Å². The zero-order chi connectivity index (χ0) is 25.6. The minimum absolute atomic E-state index is 0.0151. The number of aromatic amines is 1. The van der Waals surface area contributed by atoms with Gasteiger partial charge in [-0.1, -0.05) is 6.08 Å². The van der Waals surface area contributed by atoms with E-state index in [2.05, 4.69) is 43.3 Å². The van der Waals surface area contributed by atoms with Crippen LogP contribution in [0.2, 0.25) is 0 Å². The van der Waals surface area contributed by atoms with Crippen LogP contribution in [0.25, 0.3) is 16.6 Å². The fourth-order valence-corrected chi connectivity index (χ4v) is 5.29. The van der Waals surface area contributed by atoms with Gasteiger partial charge in [0.05, 0.1) is 23.3 Å². The molecule has 2 aliphatic heterocycles. The van der Waals surface area contributed by atoms with Crippen LogP contribution in [0.4, 0.5) is 18.9 Å². The summed E-state index contributed by atoms with van der Waals surface area (Å²) in [6.07, 6.45) is 3.38. The molecule has 0 amide bonds. The number of anilines is 1. The molecule has 4 heterocycles. The predicted octanol–water partition coefficient (Wildman–Crippen LogP) is 4.97. The van der Waals surface area contributed by atoms with Gasteiger partial charge < -0.3 is 19.9 Å². The first kappa shape index (κ1) is 23.9. The number of ether oxygens (including phenoxy) is 1. The van der Waals surface area contributed by atoms with Gasteiger partial charge in [-0.2, -0.15) is 13.2 Å². The summed E-state index contributed by atoms with van der Waals surface area (Å²) in [5, 5.41) is 5.97. The van der Waals surface area contributed by atoms with E-state index in [1.807, 2.05) is 11.5 Å². The van der Waals surface area contributed by atoms with E-state index in [1.165, 1.54) is 6.07 Å². The van der Waals surface area contributed by atoms with E-state index in [4.69, 9.17) is 9.73 Å². The Labute approximate surface area is 214 Å². The number of aromatic nitrogens is 3. The van der Waals surface area contributed by atoms with Gasteiger partial charge in [-0.25, -0.2) is 15.0 Å². The van der Waals surface area contributed by atoms with E-state index < -0.39 is 12.0 Å². The number of hydrogen-bond donors (Lipinski definition) is 2. The number of aliphatic imine (C=N–C) groups is 2. The molecule has 0 saturated carbocycles. The highest BCUT2D eigenvalue weighted by atomic mass is 32.1. The monoisotopic (exact) mass is 527 g/mol. The van der Waals surface area contributed by atoms with Gasteiger partial charge in [-0.05, 0) is 38.1 Å². The maximum atomic E-state index is 13.0. The number of fused-ring (bicyclic) bond motifs is 2. The summed E-state index contributed by atoms with van der Waals surface area (Å²) in [5.74, 6) is 0.116. The average Bonchev–Trinajstić information content (AvgIpc) is 3.55. The summed E-state index contributed by atoms with van der Waals surface area (Å²) < 4.78 is 45.5. The number of H-pyrrole nitrogens is 1. The summed E-state index contributed by atoms with van der Waals surface area (Å²) in [7, 11) is 2.12. The molecule has 37 heavy (non-hydrogen) atoms. The maximum Gasteiger partial charge on any atom is 0.449 e. The van der Waals surface area contributed by atoms with Gasteiger partial charge in [0, 0.05) is 47.9 Å². The van der Waals surface area contributed by atoms with Crippen molar-refractivity contribution in [3.05, 3.63) is 58.5 Å². The number of thiazole rings is 1. The third kappa shape index (κ3) is 5.03. The Hall–Kier alpha value is -3.51. The van der Waals surface area contributed by atoms with E-state index in [-0.39, 0.29) is 23.1 Å². The van der Waals surface area contributed by atoms with Gasteiger partial charge in [0.1, 0.15) is 16.9 Å². The number of alkyl halides is 3. The molecule has 1 saturated heterocycles. The second kappa shape index (κ2) is 9.42. The Morgan fingerprint density at radius 1 is 1.22 bits per heavy atom. The van der Waals surface area contributed by atoms with Crippen LogP contribution in [0.1, 0.15) is 23.7 Å². The van der Waals surface area contributed by atoms with Crippen molar-refractivity contribution in [1.29, 1.82) is 0 Å². The van der Waals surface area contributed by atoms with Crippen molar-refractivity contribution in [1.82, 2.24) is 19.9 Å². The van der Waals surface area contributed by atoms with E-state index >= 15 is 0 Å². The zero-order valence-corrected chi connectivity index (χ0v) is 20.7. The van der Waals surface area contributed by atoms with Gasteiger partial charge in [0.2, 0.25) is 11.8 Å². The molecule has 1 aromatic carbocycles. The van der Waals surface area contributed by atoms with Crippen LogP contribution in [0.5, 0.6) is 0 Å². The molecule has 0 radical (unpaired) electrons. The molecule has 3 aliphatic rings. The lowest BCUT2D eigenvalue weighted by Crippen LogP contribution is -2.35. The van der Waals surface area contributed by atoms with Crippen molar-refractivity contribution in [3.8, 4) is 0 Å². The Morgan fingerprint density at radius 2 is 2.05 bits per heavy atom.